The molecule has 0 radical (unpaired) electrons. The number of piperidine rings is 1. The van der Waals surface area contributed by atoms with E-state index in [1.54, 1.807) is 0 Å². The van der Waals surface area contributed by atoms with Crippen molar-refractivity contribution in [2.75, 3.05) is 43.1 Å². The first kappa shape index (κ1) is 31.0. The molecule has 0 aromatic heterocycles. The van der Waals surface area contributed by atoms with Gasteiger partial charge in [0.1, 0.15) is 5.54 Å². The standard InChI is InChI=1S/C35H43N5O5/c1-3-36-34(43)38-28-9-7-8-27(20-28)32-44-30(24(2)31(45-32)26-14-12-25(22-41)13-15-26)21-39-18-16-35(17-19-39)33(42)37-23-40(35)29-10-5-4-6-11-29/h4-15,20,24,30-32,41H,3,16-19,21-23H2,1-2H3,(H,37,42)(H2,36,38,43)/t24-,30+,31+,32?/m0/s1. The Morgan fingerprint density at radius 2 is 1.76 bits per heavy atom. The fraction of sp³-hybridized carbons (Fsp3) is 0.429. The number of nitrogens with zero attached hydrogens (tertiary/aromatic N) is 2. The fourth-order valence-electron chi connectivity index (χ4n) is 6.82. The van der Waals surface area contributed by atoms with Crippen LogP contribution in [0.15, 0.2) is 78.9 Å². The van der Waals surface area contributed by atoms with Crippen molar-refractivity contribution in [3.63, 3.8) is 0 Å². The summed E-state index contributed by atoms with van der Waals surface area (Å²) >= 11 is 0. The molecule has 238 valence electrons. The fourth-order valence-corrected chi connectivity index (χ4v) is 6.82. The molecule has 3 saturated heterocycles. The number of aliphatic hydroxyl groups excluding tert-OH is 1. The van der Waals surface area contributed by atoms with Crippen LogP contribution in [0.4, 0.5) is 16.2 Å². The number of hydrogen-bond acceptors (Lipinski definition) is 7. The van der Waals surface area contributed by atoms with Gasteiger partial charge in [-0.05, 0) is 55.2 Å². The van der Waals surface area contributed by atoms with Crippen LogP contribution in [0.5, 0.6) is 0 Å². The lowest BCUT2D eigenvalue weighted by Gasteiger charge is -2.46. The van der Waals surface area contributed by atoms with Gasteiger partial charge in [0.2, 0.25) is 5.91 Å². The maximum absolute atomic E-state index is 13.2. The third-order valence-corrected chi connectivity index (χ3v) is 9.40. The molecule has 3 heterocycles. The number of ether oxygens (including phenoxy) is 2. The third kappa shape index (κ3) is 6.55. The number of aliphatic hydroxyl groups is 1. The van der Waals surface area contributed by atoms with E-state index in [1.165, 1.54) is 0 Å². The van der Waals surface area contributed by atoms with E-state index < -0.39 is 11.8 Å². The molecule has 1 unspecified atom stereocenters. The molecule has 3 aliphatic rings. The Morgan fingerprint density at radius 1 is 1.00 bits per heavy atom. The molecular formula is C35H43N5O5. The summed E-state index contributed by atoms with van der Waals surface area (Å²) in [6, 6.07) is 25.4. The Morgan fingerprint density at radius 3 is 2.47 bits per heavy atom. The van der Waals surface area contributed by atoms with Crippen LogP contribution in [0.3, 0.4) is 0 Å². The summed E-state index contributed by atoms with van der Waals surface area (Å²) in [5, 5.41) is 18.3. The van der Waals surface area contributed by atoms with Gasteiger partial charge in [0.05, 0.1) is 25.5 Å². The molecule has 3 aromatic carbocycles. The largest absolute Gasteiger partial charge is 0.392 e. The molecule has 4 N–H and O–H groups in total. The maximum Gasteiger partial charge on any atom is 0.319 e. The summed E-state index contributed by atoms with van der Waals surface area (Å²) in [5.41, 5.74) is 3.86. The predicted octanol–water partition coefficient (Wildman–Crippen LogP) is 4.54. The number of benzene rings is 3. The highest BCUT2D eigenvalue weighted by molar-refractivity contribution is 5.93. The number of para-hydroxylation sites is 1. The molecule has 3 aromatic rings. The van der Waals surface area contributed by atoms with Crippen molar-refractivity contribution in [3.8, 4) is 0 Å². The number of carbonyl (C=O) groups is 2. The number of carbonyl (C=O) groups excluding carboxylic acids is 2. The Labute approximate surface area is 264 Å². The van der Waals surface area contributed by atoms with E-state index in [-0.39, 0.29) is 36.7 Å². The van der Waals surface area contributed by atoms with Crippen molar-refractivity contribution in [2.24, 2.45) is 5.92 Å². The van der Waals surface area contributed by atoms with Gasteiger partial charge in [-0.1, -0.05) is 61.5 Å². The first-order valence-corrected chi connectivity index (χ1v) is 15.9. The summed E-state index contributed by atoms with van der Waals surface area (Å²) < 4.78 is 13.3. The summed E-state index contributed by atoms with van der Waals surface area (Å²) in [4.78, 5) is 30.0. The van der Waals surface area contributed by atoms with E-state index in [9.17, 15) is 14.7 Å². The summed E-state index contributed by atoms with van der Waals surface area (Å²) in [6.45, 7) is 7.32. The Kier molecular flexibility index (Phi) is 9.37. The van der Waals surface area contributed by atoms with Gasteiger partial charge in [0.25, 0.3) is 0 Å². The quantitative estimate of drug-likeness (QED) is 0.295. The van der Waals surface area contributed by atoms with Crippen molar-refractivity contribution in [3.05, 3.63) is 95.6 Å². The second-order valence-corrected chi connectivity index (χ2v) is 12.2. The lowest BCUT2D eigenvalue weighted by Crippen LogP contribution is -2.57. The first-order valence-electron chi connectivity index (χ1n) is 15.9. The number of nitrogens with one attached hydrogen (secondary N) is 3. The maximum atomic E-state index is 13.2. The van der Waals surface area contributed by atoms with Crippen LogP contribution in [0.25, 0.3) is 0 Å². The van der Waals surface area contributed by atoms with Crippen LogP contribution in [-0.4, -0.2) is 66.4 Å². The van der Waals surface area contributed by atoms with Crippen LogP contribution in [-0.2, 0) is 20.9 Å². The van der Waals surface area contributed by atoms with E-state index in [4.69, 9.17) is 9.47 Å². The van der Waals surface area contributed by atoms with E-state index in [1.807, 2.05) is 73.7 Å². The molecule has 4 atom stereocenters. The first-order chi connectivity index (χ1) is 21.9. The highest BCUT2D eigenvalue weighted by atomic mass is 16.7. The van der Waals surface area contributed by atoms with Crippen molar-refractivity contribution in [1.82, 2.24) is 15.5 Å². The van der Waals surface area contributed by atoms with Gasteiger partial charge in [0.15, 0.2) is 6.29 Å². The molecule has 0 saturated carbocycles. The number of rotatable bonds is 8. The summed E-state index contributed by atoms with van der Waals surface area (Å²) in [6.07, 6.45) is 0.424. The van der Waals surface area contributed by atoms with Crippen LogP contribution >= 0.6 is 0 Å². The highest BCUT2D eigenvalue weighted by Crippen LogP contribution is 2.43. The number of likely N-dealkylation sites (tertiary alicyclic amines) is 1. The molecule has 6 rings (SSSR count). The Bertz CT molecular complexity index is 1460. The summed E-state index contributed by atoms with van der Waals surface area (Å²) in [7, 11) is 0. The van der Waals surface area contributed by atoms with Crippen molar-refractivity contribution >= 4 is 23.3 Å². The zero-order chi connectivity index (χ0) is 31.4. The van der Waals surface area contributed by atoms with Crippen LogP contribution in [0.1, 0.15) is 55.8 Å². The molecule has 3 aliphatic heterocycles. The molecule has 0 bridgehead atoms. The van der Waals surface area contributed by atoms with Crippen LogP contribution < -0.4 is 20.9 Å². The van der Waals surface area contributed by atoms with Crippen molar-refractivity contribution in [2.45, 2.75) is 57.3 Å². The molecule has 45 heavy (non-hydrogen) atoms. The monoisotopic (exact) mass is 613 g/mol. The van der Waals surface area contributed by atoms with E-state index in [0.717, 1.165) is 48.3 Å². The normalized spacial score (nSPS) is 24.8. The Balaban J connectivity index is 1.20. The number of hydrogen-bond donors (Lipinski definition) is 4. The molecule has 3 fully saturated rings. The topological polar surface area (TPSA) is 115 Å². The predicted molar refractivity (Wildman–Crippen MR) is 172 cm³/mol. The lowest BCUT2D eigenvalue weighted by molar-refractivity contribution is -0.276. The van der Waals surface area contributed by atoms with Gasteiger partial charge < -0.3 is 40.3 Å². The van der Waals surface area contributed by atoms with Gasteiger partial charge in [-0.15, -0.1) is 0 Å². The van der Waals surface area contributed by atoms with E-state index >= 15 is 0 Å². The second-order valence-electron chi connectivity index (χ2n) is 12.2. The van der Waals surface area contributed by atoms with Crippen molar-refractivity contribution < 1.29 is 24.2 Å². The van der Waals surface area contributed by atoms with Crippen LogP contribution in [0.2, 0.25) is 0 Å². The van der Waals surface area contributed by atoms with Gasteiger partial charge >= 0.3 is 6.03 Å². The molecule has 10 heteroatoms. The average molecular weight is 614 g/mol. The minimum atomic E-state index is -0.644. The zero-order valence-electron chi connectivity index (χ0n) is 25.9. The van der Waals surface area contributed by atoms with Gasteiger partial charge in [-0.25, -0.2) is 4.79 Å². The number of amides is 3. The average Bonchev–Trinajstić information content (AvgIpc) is 3.38. The molecule has 10 nitrogen and oxygen atoms in total. The lowest BCUT2D eigenvalue weighted by atomic mass is 9.84. The molecule has 0 aliphatic carbocycles. The molecular weight excluding hydrogens is 570 g/mol. The van der Waals surface area contributed by atoms with Crippen molar-refractivity contribution in [1.29, 1.82) is 0 Å². The number of anilines is 2. The third-order valence-electron chi connectivity index (χ3n) is 9.40. The Hall–Kier alpha value is -3.96. The van der Waals surface area contributed by atoms with Gasteiger partial charge in [-0.3, -0.25) is 4.79 Å². The van der Waals surface area contributed by atoms with Crippen LogP contribution in [0, 0.1) is 5.92 Å². The van der Waals surface area contributed by atoms with E-state index in [2.05, 4.69) is 44.8 Å². The van der Waals surface area contributed by atoms with Gasteiger partial charge in [0, 0.05) is 49.0 Å². The minimum Gasteiger partial charge on any atom is -0.392 e. The minimum absolute atomic E-state index is 0.0166. The summed E-state index contributed by atoms with van der Waals surface area (Å²) in [5.74, 6) is 0.138. The zero-order valence-corrected chi connectivity index (χ0v) is 25.9. The van der Waals surface area contributed by atoms with E-state index in [0.29, 0.717) is 25.4 Å². The SMILES string of the molecule is CCNC(=O)Nc1cccc(C2O[C@H](CN3CCC4(CC3)C(=O)NCN4c3ccccc3)[C@H](C)[C@H](c3ccc(CO)cc3)O2)c1. The second kappa shape index (κ2) is 13.6. The molecule has 3 amide bonds. The highest BCUT2D eigenvalue weighted by Gasteiger charge is 2.51. The van der Waals surface area contributed by atoms with Gasteiger partial charge in [-0.2, -0.15) is 0 Å². The smallest absolute Gasteiger partial charge is 0.319 e. The number of urea groups is 1. The molecule has 1 spiro atoms.